The topological polar surface area (TPSA) is 56.7 Å². The molecule has 24 heavy (non-hydrogen) atoms. The van der Waals surface area contributed by atoms with Crippen LogP contribution in [0.5, 0.6) is 0 Å². The molecule has 0 radical (unpaired) electrons. The molecule has 1 unspecified atom stereocenters. The van der Waals surface area contributed by atoms with Gasteiger partial charge in [-0.2, -0.15) is 0 Å². The molecule has 1 saturated heterocycles. The van der Waals surface area contributed by atoms with E-state index in [-0.39, 0.29) is 5.91 Å². The van der Waals surface area contributed by atoms with E-state index in [9.17, 15) is 4.79 Å². The first-order valence-electron chi connectivity index (χ1n) is 8.98. The van der Waals surface area contributed by atoms with Gasteiger partial charge >= 0.3 is 0 Å². The third-order valence-corrected chi connectivity index (χ3v) is 4.43. The summed E-state index contributed by atoms with van der Waals surface area (Å²) in [7, 11) is 1.74. The molecule has 1 heterocycles. The lowest BCUT2D eigenvalue weighted by atomic mass is 10.1. The summed E-state index contributed by atoms with van der Waals surface area (Å²) in [4.78, 5) is 18.4. The molecular weight excluding hydrogens is 300 g/mol. The van der Waals surface area contributed by atoms with Crippen LogP contribution in [0.25, 0.3) is 0 Å². The maximum atomic E-state index is 12.2. The lowest BCUT2D eigenvalue weighted by molar-refractivity contribution is -0.130. The number of guanidine groups is 1. The van der Waals surface area contributed by atoms with Crippen molar-refractivity contribution in [3.63, 3.8) is 0 Å². The molecule has 0 bridgehead atoms. The van der Waals surface area contributed by atoms with Gasteiger partial charge in [0.2, 0.25) is 5.91 Å². The molecule has 1 aliphatic rings. The monoisotopic (exact) mass is 330 g/mol. The first-order valence-corrected chi connectivity index (χ1v) is 8.98. The van der Waals surface area contributed by atoms with Crippen LogP contribution < -0.4 is 10.6 Å². The number of amides is 1. The molecule has 5 heteroatoms. The van der Waals surface area contributed by atoms with E-state index in [2.05, 4.69) is 46.8 Å². The fraction of sp³-hybridized carbons (Fsp3) is 0.579. The quantitative estimate of drug-likeness (QED) is 0.621. The van der Waals surface area contributed by atoms with Crippen LogP contribution in [-0.4, -0.2) is 49.5 Å². The van der Waals surface area contributed by atoms with Gasteiger partial charge in [0.05, 0.1) is 6.54 Å². The molecule has 2 N–H and O–H groups in total. The number of likely N-dealkylation sites (tertiary alicyclic amines) is 1. The number of hydrogen-bond acceptors (Lipinski definition) is 2. The van der Waals surface area contributed by atoms with E-state index in [1.807, 2.05) is 11.0 Å². The molecule has 0 spiro atoms. The number of aryl methyl sites for hydroxylation is 1. The Morgan fingerprint density at radius 3 is 2.58 bits per heavy atom. The maximum absolute atomic E-state index is 12.2. The van der Waals surface area contributed by atoms with Crippen molar-refractivity contribution in [1.82, 2.24) is 15.5 Å². The smallest absolute Gasteiger partial charge is 0.241 e. The van der Waals surface area contributed by atoms with E-state index in [1.165, 1.54) is 12.0 Å². The van der Waals surface area contributed by atoms with Gasteiger partial charge in [0.15, 0.2) is 5.96 Å². The van der Waals surface area contributed by atoms with Gasteiger partial charge in [-0.1, -0.05) is 30.3 Å². The summed E-state index contributed by atoms with van der Waals surface area (Å²) in [5.74, 6) is 0.857. The normalized spacial score (nSPS) is 16.6. The fourth-order valence-corrected chi connectivity index (χ4v) is 2.94. The molecule has 1 atom stereocenters. The maximum Gasteiger partial charge on any atom is 0.241 e. The summed E-state index contributed by atoms with van der Waals surface area (Å²) in [5, 5.41) is 6.51. The van der Waals surface area contributed by atoms with Crippen molar-refractivity contribution < 1.29 is 4.79 Å². The SMILES string of the molecule is CN=C(NCC(=O)N1CCCCC1)NC(C)CCc1ccccc1. The second-order valence-electron chi connectivity index (χ2n) is 6.44. The molecule has 0 aromatic heterocycles. The van der Waals surface area contributed by atoms with E-state index in [1.54, 1.807) is 7.05 Å². The lowest BCUT2D eigenvalue weighted by Gasteiger charge is -2.27. The average Bonchev–Trinajstić information content (AvgIpc) is 2.64. The van der Waals surface area contributed by atoms with Crippen LogP contribution in [0.3, 0.4) is 0 Å². The van der Waals surface area contributed by atoms with Crippen LogP contribution in [0.4, 0.5) is 0 Å². The van der Waals surface area contributed by atoms with Crippen LogP contribution in [0.15, 0.2) is 35.3 Å². The van der Waals surface area contributed by atoms with Gasteiger partial charge < -0.3 is 15.5 Å². The summed E-state index contributed by atoms with van der Waals surface area (Å²) in [6.07, 6.45) is 5.52. The Morgan fingerprint density at radius 1 is 1.21 bits per heavy atom. The molecule has 0 saturated carbocycles. The molecule has 1 fully saturated rings. The third kappa shape index (κ3) is 6.22. The Labute approximate surface area is 145 Å². The molecule has 1 aromatic rings. The number of carbonyl (C=O) groups is 1. The minimum atomic E-state index is 0.162. The van der Waals surface area contributed by atoms with E-state index in [0.717, 1.165) is 38.8 Å². The zero-order chi connectivity index (χ0) is 17.2. The number of nitrogens with zero attached hydrogens (tertiary/aromatic N) is 2. The molecule has 5 nitrogen and oxygen atoms in total. The van der Waals surface area contributed by atoms with Crippen molar-refractivity contribution >= 4 is 11.9 Å². The first kappa shape index (κ1) is 18.3. The number of hydrogen-bond donors (Lipinski definition) is 2. The molecule has 132 valence electrons. The fourth-order valence-electron chi connectivity index (χ4n) is 2.94. The van der Waals surface area contributed by atoms with Gasteiger partial charge in [-0.25, -0.2) is 0 Å². The summed E-state index contributed by atoms with van der Waals surface area (Å²) >= 11 is 0. The Bertz CT molecular complexity index is 523. The highest BCUT2D eigenvalue weighted by Gasteiger charge is 2.16. The number of aliphatic imine (C=N–C) groups is 1. The summed E-state index contributed by atoms with van der Waals surface area (Å²) in [6.45, 7) is 4.23. The minimum Gasteiger partial charge on any atom is -0.354 e. The highest BCUT2D eigenvalue weighted by atomic mass is 16.2. The van der Waals surface area contributed by atoms with Crippen molar-refractivity contribution in [2.45, 2.75) is 45.1 Å². The Hall–Kier alpha value is -2.04. The van der Waals surface area contributed by atoms with E-state index >= 15 is 0 Å². The Morgan fingerprint density at radius 2 is 1.92 bits per heavy atom. The van der Waals surface area contributed by atoms with Crippen molar-refractivity contribution in [3.05, 3.63) is 35.9 Å². The zero-order valence-corrected chi connectivity index (χ0v) is 14.9. The Balaban J connectivity index is 1.70. The zero-order valence-electron chi connectivity index (χ0n) is 14.9. The number of carbonyl (C=O) groups excluding carboxylic acids is 1. The van der Waals surface area contributed by atoms with Crippen LogP contribution >= 0.6 is 0 Å². The van der Waals surface area contributed by atoms with Crippen LogP contribution in [-0.2, 0) is 11.2 Å². The largest absolute Gasteiger partial charge is 0.354 e. The summed E-state index contributed by atoms with van der Waals surface area (Å²) in [5.41, 5.74) is 1.34. The molecule has 1 aliphatic heterocycles. The number of nitrogens with one attached hydrogen (secondary N) is 2. The first-order chi connectivity index (χ1) is 11.7. The highest BCUT2D eigenvalue weighted by molar-refractivity contribution is 5.86. The molecule has 2 rings (SSSR count). The predicted molar refractivity (Wildman–Crippen MR) is 99.2 cm³/mol. The third-order valence-electron chi connectivity index (χ3n) is 4.43. The number of piperidine rings is 1. The van der Waals surface area contributed by atoms with Crippen LogP contribution in [0.1, 0.15) is 38.2 Å². The van der Waals surface area contributed by atoms with E-state index < -0.39 is 0 Å². The van der Waals surface area contributed by atoms with Crippen LogP contribution in [0.2, 0.25) is 0 Å². The average molecular weight is 330 g/mol. The molecular formula is C19H30N4O. The Kier molecular flexibility index (Phi) is 7.59. The highest BCUT2D eigenvalue weighted by Crippen LogP contribution is 2.08. The number of rotatable bonds is 6. The predicted octanol–water partition coefficient (Wildman–Crippen LogP) is 2.19. The van der Waals surface area contributed by atoms with Gasteiger partial charge in [-0.15, -0.1) is 0 Å². The van der Waals surface area contributed by atoms with Gasteiger partial charge in [0.25, 0.3) is 0 Å². The van der Waals surface area contributed by atoms with E-state index in [4.69, 9.17) is 0 Å². The van der Waals surface area contributed by atoms with Gasteiger partial charge in [-0.3, -0.25) is 9.79 Å². The lowest BCUT2D eigenvalue weighted by Crippen LogP contribution is -2.47. The second kappa shape index (κ2) is 9.96. The standard InChI is InChI=1S/C19H30N4O/c1-16(11-12-17-9-5-3-6-10-17)22-19(20-2)21-15-18(24)23-13-7-4-8-14-23/h3,5-6,9-10,16H,4,7-8,11-15H2,1-2H3,(H2,20,21,22). The summed E-state index contributed by atoms with van der Waals surface area (Å²) in [6, 6.07) is 10.8. The molecule has 1 aromatic carbocycles. The second-order valence-corrected chi connectivity index (χ2v) is 6.44. The van der Waals surface area contributed by atoms with E-state index in [0.29, 0.717) is 18.5 Å². The van der Waals surface area contributed by atoms with Crippen molar-refractivity contribution in [2.75, 3.05) is 26.7 Å². The van der Waals surface area contributed by atoms with Gasteiger partial charge in [0.1, 0.15) is 0 Å². The molecule has 0 aliphatic carbocycles. The van der Waals surface area contributed by atoms with Gasteiger partial charge in [-0.05, 0) is 44.6 Å². The van der Waals surface area contributed by atoms with Crippen LogP contribution in [0, 0.1) is 0 Å². The number of benzene rings is 1. The van der Waals surface area contributed by atoms with Crippen molar-refractivity contribution in [3.8, 4) is 0 Å². The minimum absolute atomic E-state index is 0.162. The summed E-state index contributed by atoms with van der Waals surface area (Å²) < 4.78 is 0. The van der Waals surface area contributed by atoms with Gasteiger partial charge in [0, 0.05) is 26.2 Å². The molecule has 1 amide bonds. The van der Waals surface area contributed by atoms with Crippen molar-refractivity contribution in [2.24, 2.45) is 4.99 Å². The van der Waals surface area contributed by atoms with Crippen molar-refractivity contribution in [1.29, 1.82) is 0 Å².